The first-order valence-electron chi connectivity index (χ1n) is 5.90. The molecule has 0 N–H and O–H groups in total. The number of alkyl halides is 1. The predicted octanol–water partition coefficient (Wildman–Crippen LogP) is 3.07. The molecule has 1 aliphatic heterocycles. The molecule has 2 atom stereocenters. The third-order valence-corrected chi connectivity index (χ3v) is 4.65. The molecule has 0 aromatic rings. The second-order valence-corrected chi connectivity index (χ2v) is 6.95. The van der Waals surface area contributed by atoms with Gasteiger partial charge in [0.2, 0.25) is 0 Å². The molecular formula is C12H20INO2. The highest BCUT2D eigenvalue weighted by atomic mass is 127. The molecule has 1 saturated heterocycles. The second-order valence-electron chi connectivity index (χ2n) is 6.07. The number of carbonyl (C=O) groups is 1. The molecule has 3 nitrogen and oxygen atoms in total. The lowest BCUT2D eigenvalue weighted by molar-refractivity contribution is 0.0285. The Labute approximate surface area is 111 Å². The van der Waals surface area contributed by atoms with Crippen LogP contribution in [0.1, 0.15) is 33.6 Å². The first-order chi connectivity index (χ1) is 7.36. The van der Waals surface area contributed by atoms with Crippen LogP contribution in [0.5, 0.6) is 0 Å². The van der Waals surface area contributed by atoms with Crippen LogP contribution in [0.3, 0.4) is 0 Å². The van der Waals surface area contributed by atoms with E-state index in [1.165, 1.54) is 17.3 Å². The van der Waals surface area contributed by atoms with E-state index in [1.807, 2.05) is 25.7 Å². The highest BCUT2D eigenvalue weighted by Gasteiger charge is 2.57. The van der Waals surface area contributed by atoms with Gasteiger partial charge in [-0.15, -0.1) is 0 Å². The lowest BCUT2D eigenvalue weighted by atomic mass is 10.0. The number of hydrogen-bond acceptors (Lipinski definition) is 2. The van der Waals surface area contributed by atoms with E-state index in [9.17, 15) is 4.79 Å². The van der Waals surface area contributed by atoms with E-state index in [-0.39, 0.29) is 11.7 Å². The van der Waals surface area contributed by atoms with Crippen molar-refractivity contribution in [1.29, 1.82) is 0 Å². The summed E-state index contributed by atoms with van der Waals surface area (Å²) < 4.78 is 6.62. The van der Waals surface area contributed by atoms with E-state index in [0.717, 1.165) is 19.0 Å². The Bertz CT molecular complexity index is 300. The highest BCUT2D eigenvalue weighted by molar-refractivity contribution is 14.1. The third-order valence-electron chi connectivity index (χ3n) is 3.58. The molecule has 92 valence electrons. The summed E-state index contributed by atoms with van der Waals surface area (Å²) in [5.74, 6) is 0.834. The summed E-state index contributed by atoms with van der Waals surface area (Å²) in [6, 6.07) is 0. The summed E-state index contributed by atoms with van der Waals surface area (Å²) in [5.41, 5.74) is 0.0805. The molecule has 1 amide bonds. The van der Waals surface area contributed by atoms with Gasteiger partial charge in [-0.3, -0.25) is 0 Å². The van der Waals surface area contributed by atoms with Gasteiger partial charge in [-0.25, -0.2) is 4.79 Å². The van der Waals surface area contributed by atoms with Gasteiger partial charge in [0.1, 0.15) is 5.60 Å². The lowest BCUT2D eigenvalue weighted by Gasteiger charge is -2.24. The van der Waals surface area contributed by atoms with Crippen molar-refractivity contribution in [2.45, 2.75) is 39.2 Å². The normalized spacial score (nSPS) is 33.2. The van der Waals surface area contributed by atoms with Crippen molar-refractivity contribution < 1.29 is 9.53 Å². The van der Waals surface area contributed by atoms with Crippen molar-refractivity contribution in [2.75, 3.05) is 17.5 Å². The van der Waals surface area contributed by atoms with Gasteiger partial charge < -0.3 is 9.64 Å². The fourth-order valence-corrected chi connectivity index (χ4v) is 3.77. The van der Waals surface area contributed by atoms with Crippen molar-refractivity contribution in [2.24, 2.45) is 11.3 Å². The van der Waals surface area contributed by atoms with E-state index >= 15 is 0 Å². The zero-order valence-electron chi connectivity index (χ0n) is 10.3. The summed E-state index contributed by atoms with van der Waals surface area (Å²) >= 11 is 2.45. The Morgan fingerprint density at radius 3 is 2.75 bits per heavy atom. The minimum atomic E-state index is -0.376. The van der Waals surface area contributed by atoms with Crippen LogP contribution >= 0.6 is 22.6 Å². The van der Waals surface area contributed by atoms with Gasteiger partial charge >= 0.3 is 6.09 Å². The quantitative estimate of drug-likeness (QED) is 0.544. The maximum Gasteiger partial charge on any atom is 0.410 e. The van der Waals surface area contributed by atoms with Crippen LogP contribution in [0.25, 0.3) is 0 Å². The average molecular weight is 337 g/mol. The molecule has 0 bridgehead atoms. The van der Waals surface area contributed by atoms with Crippen LogP contribution in [-0.4, -0.2) is 34.1 Å². The van der Waals surface area contributed by atoms with E-state index in [0.29, 0.717) is 5.41 Å². The van der Waals surface area contributed by atoms with Gasteiger partial charge in [-0.1, -0.05) is 22.6 Å². The minimum Gasteiger partial charge on any atom is -0.444 e. The van der Waals surface area contributed by atoms with E-state index in [1.54, 1.807) is 0 Å². The molecule has 1 aliphatic carbocycles. The van der Waals surface area contributed by atoms with Crippen molar-refractivity contribution in [3.8, 4) is 0 Å². The van der Waals surface area contributed by atoms with Crippen LogP contribution in [-0.2, 0) is 4.74 Å². The van der Waals surface area contributed by atoms with Gasteiger partial charge in [0.15, 0.2) is 0 Å². The second kappa shape index (κ2) is 4.03. The van der Waals surface area contributed by atoms with Crippen molar-refractivity contribution in [3.05, 3.63) is 0 Å². The summed E-state index contributed by atoms with van der Waals surface area (Å²) in [6.45, 7) is 7.54. The molecule has 16 heavy (non-hydrogen) atoms. The largest absolute Gasteiger partial charge is 0.444 e. The summed E-state index contributed by atoms with van der Waals surface area (Å²) in [5, 5.41) is 0. The number of rotatable bonds is 1. The first kappa shape index (κ1) is 12.5. The van der Waals surface area contributed by atoms with E-state index < -0.39 is 0 Å². The number of nitrogens with zero attached hydrogens (tertiary/aromatic N) is 1. The minimum absolute atomic E-state index is 0.136. The third kappa shape index (κ3) is 2.46. The van der Waals surface area contributed by atoms with Crippen LogP contribution < -0.4 is 0 Å². The predicted molar refractivity (Wildman–Crippen MR) is 71.9 cm³/mol. The standard InChI is InChI=1S/C12H20INO2/c1-11(2,3)16-10(15)14-5-4-12(8-14)6-9(12)7-13/h9H,4-8H2,1-3H3. The molecule has 2 rings (SSSR count). The molecule has 1 heterocycles. The molecule has 0 radical (unpaired) electrons. The Kier molecular flexibility index (Phi) is 3.14. The van der Waals surface area contributed by atoms with E-state index in [2.05, 4.69) is 22.6 Å². The first-order valence-corrected chi connectivity index (χ1v) is 7.43. The Balaban J connectivity index is 1.88. The summed E-state index contributed by atoms with van der Waals surface area (Å²) in [6.07, 6.45) is 2.33. The molecule has 0 aromatic carbocycles. The van der Waals surface area contributed by atoms with Crippen LogP contribution in [0.15, 0.2) is 0 Å². The zero-order chi connectivity index (χ0) is 12.0. The Morgan fingerprint density at radius 2 is 2.25 bits per heavy atom. The van der Waals surface area contributed by atoms with Gasteiger partial charge in [-0.05, 0) is 44.9 Å². The molecule has 4 heteroatoms. The lowest BCUT2D eigenvalue weighted by Crippen LogP contribution is -2.35. The van der Waals surface area contributed by atoms with E-state index in [4.69, 9.17) is 4.74 Å². The number of likely N-dealkylation sites (tertiary alicyclic amines) is 1. The number of halogens is 1. The van der Waals surface area contributed by atoms with Crippen LogP contribution in [0.4, 0.5) is 4.79 Å². The molecule has 2 unspecified atom stereocenters. The maximum absolute atomic E-state index is 11.9. The molecule has 1 saturated carbocycles. The smallest absolute Gasteiger partial charge is 0.410 e. The molecule has 1 spiro atoms. The molecule has 2 aliphatic rings. The van der Waals surface area contributed by atoms with Crippen molar-refractivity contribution >= 4 is 28.7 Å². The van der Waals surface area contributed by atoms with Crippen molar-refractivity contribution in [3.63, 3.8) is 0 Å². The van der Waals surface area contributed by atoms with Crippen molar-refractivity contribution in [1.82, 2.24) is 4.90 Å². The Hall–Kier alpha value is 0. The maximum atomic E-state index is 11.9. The van der Waals surface area contributed by atoms with Gasteiger partial charge in [0, 0.05) is 17.5 Å². The Morgan fingerprint density at radius 1 is 1.56 bits per heavy atom. The number of amides is 1. The van der Waals surface area contributed by atoms with Gasteiger partial charge in [0.25, 0.3) is 0 Å². The number of carbonyl (C=O) groups excluding carboxylic acids is 1. The fraction of sp³-hybridized carbons (Fsp3) is 0.917. The average Bonchev–Trinajstić information content (AvgIpc) is 2.62. The molecule has 0 aromatic heterocycles. The zero-order valence-corrected chi connectivity index (χ0v) is 12.4. The van der Waals surface area contributed by atoms with Crippen LogP contribution in [0, 0.1) is 11.3 Å². The topological polar surface area (TPSA) is 29.5 Å². The summed E-state index contributed by atoms with van der Waals surface area (Å²) in [4.78, 5) is 13.8. The van der Waals surface area contributed by atoms with Gasteiger partial charge in [-0.2, -0.15) is 0 Å². The molecule has 2 fully saturated rings. The SMILES string of the molecule is CC(C)(C)OC(=O)N1CCC2(CC2CI)C1. The van der Waals surface area contributed by atoms with Crippen LogP contribution in [0.2, 0.25) is 0 Å². The highest BCUT2D eigenvalue weighted by Crippen LogP contribution is 2.59. The fourth-order valence-electron chi connectivity index (χ4n) is 2.53. The monoisotopic (exact) mass is 337 g/mol. The number of ether oxygens (including phenoxy) is 1. The van der Waals surface area contributed by atoms with Gasteiger partial charge in [0.05, 0.1) is 0 Å². The summed E-state index contributed by atoms with van der Waals surface area (Å²) in [7, 11) is 0. The molecular weight excluding hydrogens is 317 g/mol. The number of hydrogen-bond donors (Lipinski definition) is 0.